The highest BCUT2D eigenvalue weighted by molar-refractivity contribution is 5.74. The molecule has 1 aliphatic carbocycles. The van der Waals surface area contributed by atoms with E-state index in [0.29, 0.717) is 38.2 Å². The Morgan fingerprint density at radius 1 is 1.21 bits per heavy atom. The Bertz CT molecular complexity index is 567. The lowest BCUT2D eigenvalue weighted by atomic mass is 10.1. The first-order valence-electron chi connectivity index (χ1n) is 8.87. The molecular weight excluding hydrogens is 309 g/mol. The van der Waals surface area contributed by atoms with Gasteiger partial charge in [0.25, 0.3) is 0 Å². The molecule has 3 N–H and O–H groups in total. The summed E-state index contributed by atoms with van der Waals surface area (Å²) >= 11 is 0. The highest BCUT2D eigenvalue weighted by Gasteiger charge is 2.20. The lowest BCUT2D eigenvalue weighted by Crippen LogP contribution is -2.40. The molecule has 0 radical (unpaired) electrons. The van der Waals surface area contributed by atoms with Gasteiger partial charge in [0.05, 0.1) is 11.8 Å². The lowest BCUT2D eigenvalue weighted by molar-refractivity contribution is 0.145. The maximum atomic E-state index is 14.4. The Labute approximate surface area is 142 Å². The zero-order valence-electron chi connectivity index (χ0n) is 13.9. The third-order valence-electron chi connectivity index (χ3n) is 4.96. The van der Waals surface area contributed by atoms with Crippen molar-refractivity contribution in [3.8, 4) is 0 Å². The van der Waals surface area contributed by atoms with Crippen LogP contribution in [0.25, 0.3) is 0 Å². The molecule has 1 saturated carbocycles. The van der Waals surface area contributed by atoms with Crippen molar-refractivity contribution in [3.63, 3.8) is 0 Å². The third kappa shape index (κ3) is 4.38. The van der Waals surface area contributed by atoms with E-state index in [9.17, 15) is 14.3 Å². The topological polar surface area (TPSA) is 64.6 Å². The first-order chi connectivity index (χ1) is 11.6. The number of aliphatic hydroxyl groups is 1. The number of carbonyl (C=O) groups is 1. The molecule has 0 aromatic heterocycles. The van der Waals surface area contributed by atoms with Crippen LogP contribution in [0.5, 0.6) is 0 Å². The van der Waals surface area contributed by atoms with E-state index in [1.54, 1.807) is 6.07 Å². The molecule has 0 unspecified atom stereocenters. The second-order valence-corrected chi connectivity index (χ2v) is 6.81. The predicted octanol–water partition coefficient (Wildman–Crippen LogP) is 2.53. The van der Waals surface area contributed by atoms with Crippen LogP contribution in [-0.4, -0.2) is 36.4 Å². The number of halogens is 1. The summed E-state index contributed by atoms with van der Waals surface area (Å²) in [6.45, 7) is 1.65. The summed E-state index contributed by atoms with van der Waals surface area (Å²) in [4.78, 5) is 13.8. The molecule has 24 heavy (non-hydrogen) atoms. The normalized spacial score (nSPS) is 19.5. The quantitative estimate of drug-likeness (QED) is 0.792. The molecule has 1 aromatic rings. The molecular formula is C18H26FN3O2. The van der Waals surface area contributed by atoms with Gasteiger partial charge in [0, 0.05) is 25.7 Å². The molecule has 0 spiro atoms. The standard InChI is InChI=1S/C18H26FN3O2/c19-16-11-13(12-20-18(24)21-14-3-1-2-4-14)5-6-17(16)22-9-7-15(23)8-10-22/h5-6,11,14-15,23H,1-4,7-10,12H2,(H2,20,21,24). The number of anilines is 1. The maximum absolute atomic E-state index is 14.4. The van der Waals surface area contributed by atoms with Gasteiger partial charge in [-0.25, -0.2) is 9.18 Å². The molecule has 6 heteroatoms. The fourth-order valence-electron chi connectivity index (χ4n) is 3.51. The number of aliphatic hydroxyl groups excluding tert-OH is 1. The van der Waals surface area contributed by atoms with Crippen LogP contribution in [0.2, 0.25) is 0 Å². The van der Waals surface area contributed by atoms with Gasteiger partial charge < -0.3 is 20.6 Å². The van der Waals surface area contributed by atoms with Gasteiger partial charge in [0.2, 0.25) is 0 Å². The fourth-order valence-corrected chi connectivity index (χ4v) is 3.51. The van der Waals surface area contributed by atoms with Crippen molar-refractivity contribution in [2.24, 2.45) is 0 Å². The first kappa shape index (κ1) is 17.0. The summed E-state index contributed by atoms with van der Waals surface area (Å²) in [6.07, 6.45) is 5.50. The number of nitrogens with zero attached hydrogens (tertiary/aromatic N) is 1. The Kier molecular flexibility index (Phi) is 5.56. The van der Waals surface area contributed by atoms with Crippen molar-refractivity contribution >= 4 is 11.7 Å². The summed E-state index contributed by atoms with van der Waals surface area (Å²) < 4.78 is 14.4. The SMILES string of the molecule is O=C(NCc1ccc(N2CCC(O)CC2)c(F)c1)NC1CCCC1. The Morgan fingerprint density at radius 3 is 2.58 bits per heavy atom. The van der Waals surface area contributed by atoms with E-state index in [0.717, 1.165) is 18.4 Å². The van der Waals surface area contributed by atoms with E-state index in [1.165, 1.54) is 18.9 Å². The number of piperidine rings is 1. The minimum atomic E-state index is -0.276. The van der Waals surface area contributed by atoms with Crippen LogP contribution in [0.15, 0.2) is 18.2 Å². The van der Waals surface area contributed by atoms with Crippen molar-refractivity contribution in [1.82, 2.24) is 10.6 Å². The first-order valence-corrected chi connectivity index (χ1v) is 8.87. The van der Waals surface area contributed by atoms with E-state index in [1.807, 2.05) is 11.0 Å². The van der Waals surface area contributed by atoms with Crippen LogP contribution in [0.4, 0.5) is 14.9 Å². The van der Waals surface area contributed by atoms with E-state index in [2.05, 4.69) is 10.6 Å². The number of benzene rings is 1. The Morgan fingerprint density at radius 2 is 1.92 bits per heavy atom. The summed E-state index contributed by atoms with van der Waals surface area (Å²) in [5.41, 5.74) is 1.32. The van der Waals surface area contributed by atoms with Crippen molar-refractivity contribution in [2.75, 3.05) is 18.0 Å². The van der Waals surface area contributed by atoms with Gasteiger partial charge in [0.1, 0.15) is 5.82 Å². The van der Waals surface area contributed by atoms with Gasteiger partial charge in [-0.15, -0.1) is 0 Å². The molecule has 3 rings (SSSR count). The third-order valence-corrected chi connectivity index (χ3v) is 4.96. The largest absolute Gasteiger partial charge is 0.393 e. The van der Waals surface area contributed by atoms with E-state index < -0.39 is 0 Å². The molecule has 132 valence electrons. The number of hydrogen-bond donors (Lipinski definition) is 3. The molecule has 1 aliphatic heterocycles. The highest BCUT2D eigenvalue weighted by Crippen LogP contribution is 2.24. The van der Waals surface area contributed by atoms with Gasteiger partial charge in [-0.05, 0) is 43.4 Å². The fraction of sp³-hybridized carbons (Fsp3) is 0.611. The number of nitrogens with one attached hydrogen (secondary N) is 2. The van der Waals surface area contributed by atoms with Crippen molar-refractivity contribution in [2.45, 2.75) is 57.2 Å². The van der Waals surface area contributed by atoms with Crippen LogP contribution in [0.3, 0.4) is 0 Å². The van der Waals surface area contributed by atoms with Crippen LogP contribution in [0.1, 0.15) is 44.1 Å². The van der Waals surface area contributed by atoms with Crippen LogP contribution in [0, 0.1) is 5.82 Å². The molecule has 1 saturated heterocycles. The van der Waals surface area contributed by atoms with Gasteiger partial charge in [-0.2, -0.15) is 0 Å². The minimum Gasteiger partial charge on any atom is -0.393 e. The van der Waals surface area contributed by atoms with Gasteiger partial charge >= 0.3 is 6.03 Å². The molecule has 2 fully saturated rings. The summed E-state index contributed by atoms with van der Waals surface area (Å²) in [5, 5.41) is 15.3. The number of urea groups is 1. The molecule has 5 nitrogen and oxygen atoms in total. The maximum Gasteiger partial charge on any atom is 0.315 e. The summed E-state index contributed by atoms with van der Waals surface area (Å²) in [7, 11) is 0. The number of hydrogen-bond acceptors (Lipinski definition) is 3. The van der Waals surface area contributed by atoms with E-state index in [-0.39, 0.29) is 24.0 Å². The van der Waals surface area contributed by atoms with Crippen molar-refractivity contribution in [3.05, 3.63) is 29.6 Å². The van der Waals surface area contributed by atoms with E-state index >= 15 is 0 Å². The second kappa shape index (κ2) is 7.83. The van der Waals surface area contributed by atoms with Gasteiger partial charge in [0.15, 0.2) is 0 Å². The average Bonchev–Trinajstić information content (AvgIpc) is 3.07. The van der Waals surface area contributed by atoms with Crippen LogP contribution < -0.4 is 15.5 Å². The minimum absolute atomic E-state index is 0.184. The average molecular weight is 335 g/mol. The van der Waals surface area contributed by atoms with Gasteiger partial charge in [-0.1, -0.05) is 18.9 Å². The Hall–Kier alpha value is -1.82. The molecule has 2 aliphatic rings. The van der Waals surface area contributed by atoms with Crippen molar-refractivity contribution < 1.29 is 14.3 Å². The zero-order chi connectivity index (χ0) is 16.9. The second-order valence-electron chi connectivity index (χ2n) is 6.81. The summed E-state index contributed by atoms with van der Waals surface area (Å²) in [5.74, 6) is -0.276. The number of amides is 2. The summed E-state index contributed by atoms with van der Waals surface area (Å²) in [6, 6.07) is 5.18. The molecule has 0 atom stereocenters. The molecule has 2 amide bonds. The van der Waals surface area contributed by atoms with Crippen LogP contribution >= 0.6 is 0 Å². The highest BCUT2D eigenvalue weighted by atomic mass is 19.1. The molecule has 1 heterocycles. The monoisotopic (exact) mass is 335 g/mol. The Balaban J connectivity index is 1.51. The van der Waals surface area contributed by atoms with Crippen LogP contribution in [-0.2, 0) is 6.54 Å². The van der Waals surface area contributed by atoms with E-state index in [4.69, 9.17) is 0 Å². The lowest BCUT2D eigenvalue weighted by Gasteiger charge is -2.31. The van der Waals surface area contributed by atoms with Crippen molar-refractivity contribution in [1.29, 1.82) is 0 Å². The van der Waals surface area contributed by atoms with Gasteiger partial charge in [-0.3, -0.25) is 0 Å². The zero-order valence-corrected chi connectivity index (χ0v) is 13.9. The number of carbonyl (C=O) groups excluding carboxylic acids is 1. The molecule has 0 bridgehead atoms. The smallest absolute Gasteiger partial charge is 0.315 e. The predicted molar refractivity (Wildman–Crippen MR) is 91.5 cm³/mol. The number of rotatable bonds is 4. The molecule has 1 aromatic carbocycles.